The van der Waals surface area contributed by atoms with Crippen molar-refractivity contribution in [2.24, 2.45) is 0 Å². The average Bonchev–Trinajstić information content (AvgIpc) is 3.07. The van der Waals surface area contributed by atoms with Crippen molar-refractivity contribution >= 4 is 37.4 Å². The predicted molar refractivity (Wildman–Crippen MR) is 187 cm³/mol. The highest BCUT2D eigenvalue weighted by Gasteiger charge is 2.50. The topological polar surface area (TPSA) is 9.23 Å². The van der Waals surface area contributed by atoms with Crippen LogP contribution in [-0.4, -0.2) is 16.6 Å². The monoisotopic (exact) mass is 590 g/mol. The van der Waals surface area contributed by atoms with E-state index in [-0.39, 0.29) is 0 Å². The largest absolute Gasteiger partial charge is 0.441 e. The van der Waals surface area contributed by atoms with Crippen molar-refractivity contribution in [3.63, 3.8) is 0 Å². The summed E-state index contributed by atoms with van der Waals surface area (Å²) in [5, 5.41) is 5.21. The molecule has 212 valence electrons. The molecule has 3 heteroatoms. The summed E-state index contributed by atoms with van der Waals surface area (Å²) in [7, 11) is -5.86. The summed E-state index contributed by atoms with van der Waals surface area (Å²) in [6.07, 6.45) is 0. The summed E-state index contributed by atoms with van der Waals surface area (Å²) < 4.78 is 8.37. The van der Waals surface area contributed by atoms with E-state index in [4.69, 9.17) is 4.12 Å². The minimum atomic E-state index is -2.93. The van der Waals surface area contributed by atoms with Crippen molar-refractivity contribution in [1.82, 2.24) is 0 Å². The first-order valence-corrected chi connectivity index (χ1v) is 19.4. The van der Waals surface area contributed by atoms with Crippen LogP contribution in [0.2, 0.25) is 0 Å². The number of benzene rings is 6. The maximum absolute atomic E-state index is 8.37. The Morgan fingerprint density at radius 3 is 0.884 bits per heavy atom. The molecule has 0 fully saturated rings. The SMILES string of the molecule is Cc1ccccc1C[Si](O[Si](Cc1ccccc1C)(c1ccccc1)c1ccccc1)(c1ccccc1)c1ccccc1. The number of hydrogen-bond acceptors (Lipinski definition) is 1. The molecule has 0 saturated carbocycles. The lowest BCUT2D eigenvalue weighted by atomic mass is 10.1. The van der Waals surface area contributed by atoms with Gasteiger partial charge < -0.3 is 4.12 Å². The van der Waals surface area contributed by atoms with Crippen molar-refractivity contribution in [2.45, 2.75) is 25.9 Å². The fraction of sp³-hybridized carbons (Fsp3) is 0.100. The molecule has 0 amide bonds. The molecule has 0 aliphatic rings. The van der Waals surface area contributed by atoms with Gasteiger partial charge in [0, 0.05) is 0 Å². The minimum absolute atomic E-state index is 0.857. The van der Waals surface area contributed by atoms with Gasteiger partial charge in [-0.3, -0.25) is 0 Å². The molecule has 0 unspecified atom stereocenters. The maximum Gasteiger partial charge on any atom is 0.249 e. The van der Waals surface area contributed by atoms with Crippen LogP contribution in [0, 0.1) is 13.8 Å². The average molecular weight is 591 g/mol. The summed E-state index contributed by atoms with van der Waals surface area (Å²) in [5.74, 6) is 0. The summed E-state index contributed by atoms with van der Waals surface area (Å²) in [6.45, 7) is 4.47. The van der Waals surface area contributed by atoms with Crippen LogP contribution in [0.1, 0.15) is 22.3 Å². The van der Waals surface area contributed by atoms with Crippen molar-refractivity contribution in [2.75, 3.05) is 0 Å². The van der Waals surface area contributed by atoms with Crippen LogP contribution in [0.5, 0.6) is 0 Å². The van der Waals surface area contributed by atoms with Gasteiger partial charge in [0.15, 0.2) is 0 Å². The summed E-state index contributed by atoms with van der Waals surface area (Å²) >= 11 is 0. The Morgan fingerprint density at radius 2 is 0.605 bits per heavy atom. The lowest BCUT2D eigenvalue weighted by Crippen LogP contribution is -2.75. The van der Waals surface area contributed by atoms with Gasteiger partial charge in [-0.15, -0.1) is 0 Å². The Labute approximate surface area is 258 Å². The Hall–Kier alpha value is -4.29. The molecule has 0 aromatic heterocycles. The third-order valence-electron chi connectivity index (χ3n) is 8.71. The molecule has 0 aliphatic carbocycles. The number of hydrogen-bond donors (Lipinski definition) is 0. The van der Waals surface area contributed by atoms with Crippen molar-refractivity contribution in [3.05, 3.63) is 192 Å². The zero-order valence-corrected chi connectivity index (χ0v) is 27.0. The molecule has 0 aliphatic heterocycles. The fourth-order valence-corrected chi connectivity index (χ4v) is 17.4. The Balaban J connectivity index is 1.69. The van der Waals surface area contributed by atoms with Crippen molar-refractivity contribution in [3.8, 4) is 0 Å². The molecule has 0 saturated heterocycles. The van der Waals surface area contributed by atoms with Gasteiger partial charge in [-0.1, -0.05) is 170 Å². The van der Waals surface area contributed by atoms with Gasteiger partial charge >= 0.3 is 0 Å². The molecule has 0 radical (unpaired) electrons. The van der Waals surface area contributed by atoms with E-state index < -0.39 is 16.6 Å². The molecule has 0 N–H and O–H groups in total. The van der Waals surface area contributed by atoms with Crippen LogP contribution in [0.25, 0.3) is 0 Å². The number of aryl methyl sites for hydroxylation is 2. The lowest BCUT2D eigenvalue weighted by Gasteiger charge is -2.44. The second kappa shape index (κ2) is 12.9. The smallest absolute Gasteiger partial charge is 0.249 e. The van der Waals surface area contributed by atoms with Crippen LogP contribution < -0.4 is 20.7 Å². The van der Waals surface area contributed by atoms with Crippen LogP contribution in [0.15, 0.2) is 170 Å². The van der Waals surface area contributed by atoms with E-state index in [1.54, 1.807) is 0 Å². The molecule has 6 rings (SSSR count). The van der Waals surface area contributed by atoms with Crippen LogP contribution in [-0.2, 0) is 16.2 Å². The molecular weight excluding hydrogens is 553 g/mol. The molecule has 43 heavy (non-hydrogen) atoms. The van der Waals surface area contributed by atoms with E-state index in [0.717, 1.165) is 12.1 Å². The third-order valence-corrected chi connectivity index (χ3v) is 18.3. The van der Waals surface area contributed by atoms with Gasteiger partial charge in [-0.05, 0) is 68.9 Å². The Kier molecular flexibility index (Phi) is 8.66. The van der Waals surface area contributed by atoms with E-state index in [1.165, 1.54) is 43.0 Å². The van der Waals surface area contributed by atoms with E-state index in [9.17, 15) is 0 Å². The van der Waals surface area contributed by atoms with E-state index >= 15 is 0 Å². The molecule has 0 atom stereocenters. The highest BCUT2D eigenvalue weighted by molar-refractivity contribution is 7.08. The third kappa shape index (κ3) is 5.98. The predicted octanol–water partition coefficient (Wildman–Crippen LogP) is 6.70. The molecular formula is C40H38OSi2. The minimum Gasteiger partial charge on any atom is -0.441 e. The van der Waals surface area contributed by atoms with E-state index in [2.05, 4.69) is 184 Å². The van der Waals surface area contributed by atoms with Crippen LogP contribution >= 0.6 is 0 Å². The van der Waals surface area contributed by atoms with Gasteiger partial charge in [0.25, 0.3) is 0 Å². The van der Waals surface area contributed by atoms with E-state index in [0.29, 0.717) is 0 Å². The van der Waals surface area contributed by atoms with Gasteiger partial charge in [0.2, 0.25) is 16.6 Å². The lowest BCUT2D eigenvalue weighted by molar-refractivity contribution is 0.565. The zero-order valence-electron chi connectivity index (χ0n) is 25.0. The molecule has 6 aromatic rings. The summed E-state index contributed by atoms with van der Waals surface area (Å²) in [6, 6.07) is 63.7. The van der Waals surface area contributed by atoms with Gasteiger partial charge in [-0.2, -0.15) is 0 Å². The molecule has 0 heterocycles. The van der Waals surface area contributed by atoms with Crippen molar-refractivity contribution < 1.29 is 4.12 Å². The fourth-order valence-electron chi connectivity index (χ4n) is 6.33. The molecule has 0 spiro atoms. The maximum atomic E-state index is 8.37. The highest BCUT2D eigenvalue weighted by atomic mass is 28.4. The Bertz CT molecular complexity index is 1540. The standard InChI is InChI=1S/C40H38OSi2/c1-33-19-15-17-21-35(33)31-42(37-23-7-3-8-24-37,38-25-9-4-10-26-38)41-43(39-27-11-5-12-28-39,40-29-13-6-14-30-40)32-36-22-18-16-20-34(36)2/h3-30H,31-32H2,1-2H3. The Morgan fingerprint density at radius 1 is 0.349 bits per heavy atom. The molecule has 1 nitrogen and oxygen atoms in total. The summed E-state index contributed by atoms with van der Waals surface area (Å²) in [5.41, 5.74) is 5.31. The van der Waals surface area contributed by atoms with Crippen molar-refractivity contribution in [1.29, 1.82) is 0 Å². The van der Waals surface area contributed by atoms with Crippen LogP contribution in [0.4, 0.5) is 0 Å². The first-order chi connectivity index (χ1) is 21.1. The van der Waals surface area contributed by atoms with Gasteiger partial charge in [0.1, 0.15) is 0 Å². The second-order valence-electron chi connectivity index (χ2n) is 11.4. The van der Waals surface area contributed by atoms with Crippen LogP contribution in [0.3, 0.4) is 0 Å². The number of rotatable bonds is 10. The van der Waals surface area contributed by atoms with Gasteiger partial charge in [0.05, 0.1) is 0 Å². The second-order valence-corrected chi connectivity index (χ2v) is 18.6. The summed E-state index contributed by atoms with van der Waals surface area (Å²) in [4.78, 5) is 0. The zero-order chi connectivity index (χ0) is 29.5. The van der Waals surface area contributed by atoms with E-state index in [1.807, 2.05) is 0 Å². The molecule has 6 aromatic carbocycles. The quantitative estimate of drug-likeness (QED) is 0.161. The highest BCUT2D eigenvalue weighted by Crippen LogP contribution is 2.26. The normalized spacial score (nSPS) is 11.8. The van der Waals surface area contributed by atoms with Gasteiger partial charge in [-0.25, -0.2) is 0 Å². The first kappa shape index (κ1) is 28.8. The first-order valence-electron chi connectivity index (χ1n) is 15.1. The molecule has 0 bridgehead atoms.